The lowest BCUT2D eigenvalue weighted by Gasteiger charge is -2.29. The lowest BCUT2D eigenvalue weighted by molar-refractivity contribution is -0.125. The lowest BCUT2D eigenvalue weighted by atomic mass is 9.71. The number of fused-ring (bicyclic) bond motifs is 1. The number of nitrogens with zero attached hydrogens (tertiary/aromatic N) is 2. The van der Waals surface area contributed by atoms with Crippen LogP contribution >= 0.6 is 0 Å². The molecule has 2 aliphatic heterocycles. The molecule has 0 N–H and O–H groups in total. The summed E-state index contributed by atoms with van der Waals surface area (Å²) in [5.74, 6) is -2.67. The Bertz CT molecular complexity index is 1110. The second-order valence-corrected chi connectivity index (χ2v) is 8.46. The summed E-state index contributed by atoms with van der Waals surface area (Å²) in [7, 11) is 0. The van der Waals surface area contributed by atoms with Gasteiger partial charge >= 0.3 is 0 Å². The summed E-state index contributed by atoms with van der Waals surface area (Å²) in [6, 6.07) is 17.8. The fraction of sp³-hybridized carbons (Fsp3) is 0.280. The molecule has 0 radical (unpaired) electrons. The average molecular weight is 414 g/mol. The summed E-state index contributed by atoms with van der Waals surface area (Å²) in [4.78, 5) is 54.6. The number of rotatable bonds is 3. The number of carbonyl (C=O) groups excluding carboxylic acids is 4. The van der Waals surface area contributed by atoms with Crippen LogP contribution in [0.3, 0.4) is 0 Å². The highest BCUT2D eigenvalue weighted by Gasteiger charge is 2.53. The molecule has 3 aliphatic rings. The Kier molecular flexibility index (Phi) is 4.58. The Morgan fingerprint density at radius 2 is 1.26 bits per heavy atom. The van der Waals surface area contributed by atoms with Gasteiger partial charge in [-0.1, -0.05) is 48.0 Å². The van der Waals surface area contributed by atoms with Crippen molar-refractivity contribution >= 4 is 35.0 Å². The molecule has 2 heterocycles. The SMILES string of the molecule is CC1=CC(C2CC(=O)N(c3ccccc3)C2=O)CC2C(=O)N(c3ccccc3)C(=O)C12. The standard InChI is InChI=1S/C25H22N2O4/c1-15-12-16(19-14-21(28)26(23(19)29)17-8-4-2-5-9-17)13-20-22(15)25(31)27(24(20)30)18-10-6-3-7-11-18/h2-12,16,19-20,22H,13-14H2,1H3. The Labute approximate surface area is 180 Å². The molecule has 31 heavy (non-hydrogen) atoms. The molecule has 0 aromatic heterocycles. The maximum atomic E-state index is 13.2. The van der Waals surface area contributed by atoms with Gasteiger partial charge in [0.05, 0.1) is 29.1 Å². The van der Waals surface area contributed by atoms with E-state index in [9.17, 15) is 19.2 Å². The molecule has 2 aromatic rings. The van der Waals surface area contributed by atoms with Crippen LogP contribution < -0.4 is 9.80 Å². The van der Waals surface area contributed by atoms with Crippen molar-refractivity contribution in [2.75, 3.05) is 9.80 Å². The molecule has 0 spiro atoms. The third-order valence-corrected chi connectivity index (χ3v) is 6.65. The highest BCUT2D eigenvalue weighted by atomic mass is 16.2. The maximum Gasteiger partial charge on any atom is 0.241 e. The zero-order valence-electron chi connectivity index (χ0n) is 17.1. The predicted octanol–water partition coefficient (Wildman–Crippen LogP) is 3.34. The van der Waals surface area contributed by atoms with Gasteiger partial charge in [0.2, 0.25) is 23.6 Å². The zero-order valence-corrected chi connectivity index (χ0v) is 17.1. The van der Waals surface area contributed by atoms with Crippen molar-refractivity contribution in [3.05, 3.63) is 72.3 Å². The predicted molar refractivity (Wildman–Crippen MR) is 115 cm³/mol. The van der Waals surface area contributed by atoms with Crippen molar-refractivity contribution in [3.63, 3.8) is 0 Å². The van der Waals surface area contributed by atoms with Crippen LogP contribution in [0.2, 0.25) is 0 Å². The fourth-order valence-corrected chi connectivity index (χ4v) is 5.23. The summed E-state index contributed by atoms with van der Waals surface area (Å²) in [5, 5.41) is 0. The summed E-state index contributed by atoms with van der Waals surface area (Å²) in [6.07, 6.45) is 2.44. The van der Waals surface area contributed by atoms with Crippen molar-refractivity contribution in [2.45, 2.75) is 19.8 Å². The first-order chi connectivity index (χ1) is 15.0. The van der Waals surface area contributed by atoms with Crippen LogP contribution in [0.25, 0.3) is 0 Å². The van der Waals surface area contributed by atoms with Crippen LogP contribution in [-0.4, -0.2) is 23.6 Å². The van der Waals surface area contributed by atoms with Crippen LogP contribution in [0.1, 0.15) is 19.8 Å². The monoisotopic (exact) mass is 414 g/mol. The van der Waals surface area contributed by atoms with Gasteiger partial charge in [-0.2, -0.15) is 0 Å². The zero-order chi connectivity index (χ0) is 21.7. The van der Waals surface area contributed by atoms with Crippen molar-refractivity contribution in [1.82, 2.24) is 0 Å². The van der Waals surface area contributed by atoms with Gasteiger partial charge in [0, 0.05) is 6.42 Å². The first-order valence-corrected chi connectivity index (χ1v) is 10.5. The molecule has 4 atom stereocenters. The van der Waals surface area contributed by atoms with Gasteiger partial charge in [0.1, 0.15) is 0 Å². The van der Waals surface area contributed by atoms with Crippen LogP contribution in [0.4, 0.5) is 11.4 Å². The van der Waals surface area contributed by atoms with Gasteiger partial charge in [-0.25, -0.2) is 4.90 Å². The normalized spacial score (nSPS) is 28.2. The largest absolute Gasteiger partial charge is 0.274 e. The minimum Gasteiger partial charge on any atom is -0.274 e. The number of allylic oxidation sites excluding steroid dienone is 1. The number of hydrogen-bond acceptors (Lipinski definition) is 4. The van der Waals surface area contributed by atoms with Crippen LogP contribution in [-0.2, 0) is 19.2 Å². The smallest absolute Gasteiger partial charge is 0.241 e. The quantitative estimate of drug-likeness (QED) is 0.570. The molecule has 5 rings (SSSR count). The Morgan fingerprint density at radius 1 is 0.710 bits per heavy atom. The minimum absolute atomic E-state index is 0.115. The van der Waals surface area contributed by atoms with Gasteiger partial charge in [0.25, 0.3) is 0 Å². The minimum atomic E-state index is -0.516. The number of imide groups is 2. The van der Waals surface area contributed by atoms with Crippen molar-refractivity contribution in [2.24, 2.45) is 23.7 Å². The highest BCUT2D eigenvalue weighted by Crippen LogP contribution is 2.46. The summed E-state index contributed by atoms with van der Waals surface area (Å²) in [5.41, 5.74) is 1.94. The van der Waals surface area contributed by atoms with E-state index in [1.54, 1.807) is 48.5 Å². The summed E-state index contributed by atoms with van der Waals surface area (Å²) < 4.78 is 0. The first-order valence-electron chi connectivity index (χ1n) is 10.5. The molecule has 1 aliphatic carbocycles. The molecular weight excluding hydrogens is 392 g/mol. The number of hydrogen-bond donors (Lipinski definition) is 0. The second-order valence-electron chi connectivity index (χ2n) is 8.46. The van der Waals surface area contributed by atoms with Gasteiger partial charge in [-0.05, 0) is 43.5 Å². The van der Waals surface area contributed by atoms with E-state index < -0.39 is 17.8 Å². The van der Waals surface area contributed by atoms with E-state index in [1.165, 1.54) is 9.80 Å². The highest BCUT2D eigenvalue weighted by molar-refractivity contribution is 6.23. The molecule has 6 nitrogen and oxygen atoms in total. The molecule has 2 saturated heterocycles. The topological polar surface area (TPSA) is 74.8 Å². The van der Waals surface area contributed by atoms with Crippen molar-refractivity contribution < 1.29 is 19.2 Å². The van der Waals surface area contributed by atoms with E-state index in [0.717, 1.165) is 5.57 Å². The van der Waals surface area contributed by atoms with Gasteiger partial charge < -0.3 is 0 Å². The molecule has 2 fully saturated rings. The van der Waals surface area contributed by atoms with Crippen molar-refractivity contribution in [3.8, 4) is 0 Å². The molecule has 2 aromatic carbocycles. The van der Waals surface area contributed by atoms with E-state index in [2.05, 4.69) is 0 Å². The molecular formula is C25H22N2O4. The summed E-state index contributed by atoms with van der Waals surface area (Å²) in [6.45, 7) is 1.85. The summed E-state index contributed by atoms with van der Waals surface area (Å²) >= 11 is 0. The average Bonchev–Trinajstić information content (AvgIpc) is 3.21. The Morgan fingerprint density at radius 3 is 1.87 bits per heavy atom. The van der Waals surface area contributed by atoms with E-state index in [0.29, 0.717) is 17.8 Å². The number of amides is 4. The molecule has 4 unspecified atom stereocenters. The number of para-hydroxylation sites is 2. The maximum absolute atomic E-state index is 13.2. The Hall–Kier alpha value is -3.54. The molecule has 0 saturated carbocycles. The Balaban J connectivity index is 1.43. The third kappa shape index (κ3) is 3.02. The van der Waals surface area contributed by atoms with Gasteiger partial charge in [-0.15, -0.1) is 0 Å². The fourth-order valence-electron chi connectivity index (χ4n) is 5.23. The first kappa shape index (κ1) is 19.4. The number of carbonyl (C=O) groups is 4. The third-order valence-electron chi connectivity index (χ3n) is 6.65. The molecule has 6 heteroatoms. The van der Waals surface area contributed by atoms with E-state index in [1.807, 2.05) is 25.1 Å². The van der Waals surface area contributed by atoms with Gasteiger partial charge in [-0.3, -0.25) is 24.1 Å². The van der Waals surface area contributed by atoms with Crippen LogP contribution in [0.15, 0.2) is 72.3 Å². The lowest BCUT2D eigenvalue weighted by Crippen LogP contribution is -2.35. The van der Waals surface area contributed by atoms with Crippen LogP contribution in [0.5, 0.6) is 0 Å². The van der Waals surface area contributed by atoms with E-state index in [4.69, 9.17) is 0 Å². The molecule has 156 valence electrons. The van der Waals surface area contributed by atoms with E-state index >= 15 is 0 Å². The van der Waals surface area contributed by atoms with E-state index in [-0.39, 0.29) is 36.0 Å². The second kappa shape index (κ2) is 7.30. The van der Waals surface area contributed by atoms with Gasteiger partial charge in [0.15, 0.2) is 0 Å². The molecule has 4 amide bonds. The number of anilines is 2. The van der Waals surface area contributed by atoms with Crippen molar-refractivity contribution in [1.29, 1.82) is 0 Å². The molecule has 0 bridgehead atoms. The van der Waals surface area contributed by atoms with Crippen LogP contribution in [0, 0.1) is 23.7 Å². The number of benzene rings is 2.